The van der Waals surface area contributed by atoms with Crippen molar-refractivity contribution < 1.29 is 14.3 Å². The number of rotatable bonds is 2. The van der Waals surface area contributed by atoms with Crippen molar-refractivity contribution in [1.29, 1.82) is 0 Å². The molecule has 0 fully saturated rings. The number of benzene rings is 1. The minimum Gasteiger partial charge on any atom is -0.392 e. The van der Waals surface area contributed by atoms with Crippen LogP contribution in [0.2, 0.25) is 0 Å². The molecule has 3 heteroatoms. The van der Waals surface area contributed by atoms with Crippen LogP contribution in [0.1, 0.15) is 17.5 Å². The predicted octanol–water partition coefficient (Wildman–Crippen LogP) is 1.26. The van der Waals surface area contributed by atoms with Crippen LogP contribution in [0.4, 0.5) is 4.39 Å². The maximum absolute atomic E-state index is 12.9. The third kappa shape index (κ3) is 3.00. The zero-order chi connectivity index (χ0) is 10.4. The van der Waals surface area contributed by atoms with E-state index in [4.69, 9.17) is 5.11 Å². The van der Waals surface area contributed by atoms with Crippen LogP contribution in [-0.4, -0.2) is 11.4 Å². The summed E-state index contributed by atoms with van der Waals surface area (Å²) >= 11 is 0. The predicted molar refractivity (Wildman–Crippen MR) is 49.9 cm³/mol. The third-order valence-corrected chi connectivity index (χ3v) is 1.56. The Labute approximate surface area is 81.4 Å². The van der Waals surface area contributed by atoms with Crippen LogP contribution in [0.25, 0.3) is 0 Å². The molecule has 2 nitrogen and oxygen atoms in total. The number of aliphatic hydroxyl groups is 1. The van der Waals surface area contributed by atoms with Gasteiger partial charge in [-0.15, -0.1) is 0 Å². The molecule has 72 valence electrons. The van der Waals surface area contributed by atoms with Crippen molar-refractivity contribution in [3.8, 4) is 11.8 Å². The number of hydrogen-bond donors (Lipinski definition) is 1. The molecule has 0 radical (unpaired) electrons. The quantitative estimate of drug-likeness (QED) is 0.565. The van der Waals surface area contributed by atoms with Crippen molar-refractivity contribution >= 4 is 6.29 Å². The summed E-state index contributed by atoms with van der Waals surface area (Å²) in [6, 6.07) is 4.09. The summed E-state index contributed by atoms with van der Waals surface area (Å²) in [5.74, 6) is 4.75. The molecule has 0 aliphatic carbocycles. The van der Waals surface area contributed by atoms with E-state index < -0.39 is 5.82 Å². The Hall–Kier alpha value is -1.66. The zero-order valence-corrected chi connectivity index (χ0v) is 7.46. The lowest BCUT2D eigenvalue weighted by atomic mass is 10.1. The van der Waals surface area contributed by atoms with Gasteiger partial charge in [-0.2, -0.15) is 0 Å². The number of halogens is 1. The molecule has 1 rings (SSSR count). The average Bonchev–Trinajstić information content (AvgIpc) is 2.17. The topological polar surface area (TPSA) is 37.3 Å². The van der Waals surface area contributed by atoms with E-state index >= 15 is 0 Å². The van der Waals surface area contributed by atoms with E-state index in [-0.39, 0.29) is 13.0 Å². The Morgan fingerprint density at radius 2 is 2.21 bits per heavy atom. The van der Waals surface area contributed by atoms with Crippen LogP contribution in [0.5, 0.6) is 0 Å². The van der Waals surface area contributed by atoms with Gasteiger partial charge in [-0.3, -0.25) is 0 Å². The molecule has 0 spiro atoms. The first-order valence-corrected chi connectivity index (χ1v) is 4.09. The highest BCUT2D eigenvalue weighted by molar-refractivity contribution is 5.55. The van der Waals surface area contributed by atoms with Crippen molar-refractivity contribution in [2.45, 2.75) is 13.0 Å². The van der Waals surface area contributed by atoms with Crippen LogP contribution in [0.15, 0.2) is 18.2 Å². The lowest BCUT2D eigenvalue weighted by Crippen LogP contribution is -1.87. The SMILES string of the molecule is O=CCC#Cc1cc(F)cc(CO)c1. The van der Waals surface area contributed by atoms with Gasteiger partial charge in [0.05, 0.1) is 13.0 Å². The number of aliphatic hydroxyl groups excluding tert-OH is 1. The maximum Gasteiger partial charge on any atom is 0.131 e. The van der Waals surface area contributed by atoms with Crippen LogP contribution in [0, 0.1) is 17.7 Å². The summed E-state index contributed by atoms with van der Waals surface area (Å²) in [5, 5.41) is 8.79. The minimum absolute atomic E-state index is 0.130. The lowest BCUT2D eigenvalue weighted by Gasteiger charge is -1.97. The van der Waals surface area contributed by atoms with Gasteiger partial charge < -0.3 is 9.90 Å². The highest BCUT2D eigenvalue weighted by atomic mass is 19.1. The van der Waals surface area contributed by atoms with Crippen LogP contribution in [0.3, 0.4) is 0 Å². The van der Waals surface area contributed by atoms with Gasteiger partial charge in [0.25, 0.3) is 0 Å². The summed E-state index contributed by atoms with van der Waals surface area (Å²) in [4.78, 5) is 9.97. The Morgan fingerprint density at radius 3 is 2.86 bits per heavy atom. The van der Waals surface area contributed by atoms with E-state index in [2.05, 4.69) is 11.8 Å². The molecule has 1 aromatic rings. The third-order valence-electron chi connectivity index (χ3n) is 1.56. The van der Waals surface area contributed by atoms with Gasteiger partial charge in [-0.25, -0.2) is 4.39 Å². The number of aldehydes is 1. The normalized spacial score (nSPS) is 9.00. The molecule has 0 aliphatic heterocycles. The maximum atomic E-state index is 12.9. The van der Waals surface area contributed by atoms with Gasteiger partial charge in [0.15, 0.2) is 0 Å². The Balaban J connectivity index is 2.93. The molecule has 0 saturated heterocycles. The van der Waals surface area contributed by atoms with Gasteiger partial charge in [-0.1, -0.05) is 11.8 Å². The molecule has 0 heterocycles. The molecule has 0 unspecified atom stereocenters. The van der Waals surface area contributed by atoms with Gasteiger partial charge in [0.2, 0.25) is 0 Å². The first-order valence-electron chi connectivity index (χ1n) is 4.09. The van der Waals surface area contributed by atoms with E-state index in [0.717, 1.165) is 0 Å². The number of hydrogen-bond acceptors (Lipinski definition) is 2. The van der Waals surface area contributed by atoms with E-state index in [1.165, 1.54) is 12.1 Å². The van der Waals surface area contributed by atoms with Crippen molar-refractivity contribution in [3.63, 3.8) is 0 Å². The van der Waals surface area contributed by atoms with Gasteiger partial charge in [-0.05, 0) is 23.8 Å². The lowest BCUT2D eigenvalue weighted by molar-refractivity contribution is -0.107. The highest BCUT2D eigenvalue weighted by Gasteiger charge is 1.97. The average molecular weight is 192 g/mol. The Morgan fingerprint density at radius 1 is 1.43 bits per heavy atom. The molecule has 1 aromatic carbocycles. The van der Waals surface area contributed by atoms with Crippen molar-refractivity contribution in [1.82, 2.24) is 0 Å². The van der Waals surface area contributed by atoms with Gasteiger partial charge in [0.1, 0.15) is 12.1 Å². The summed E-state index contributed by atoms with van der Waals surface area (Å²) in [6.45, 7) is -0.222. The highest BCUT2D eigenvalue weighted by Crippen LogP contribution is 2.08. The number of carbonyl (C=O) groups is 1. The molecule has 1 N–H and O–H groups in total. The first-order chi connectivity index (χ1) is 6.76. The molecular weight excluding hydrogens is 183 g/mol. The van der Waals surface area contributed by atoms with E-state index in [9.17, 15) is 9.18 Å². The molecule has 0 aliphatic rings. The summed E-state index contributed by atoms with van der Waals surface area (Å²) < 4.78 is 12.9. The monoisotopic (exact) mass is 192 g/mol. The van der Waals surface area contributed by atoms with E-state index in [0.29, 0.717) is 17.4 Å². The van der Waals surface area contributed by atoms with Crippen LogP contribution in [-0.2, 0) is 11.4 Å². The van der Waals surface area contributed by atoms with Gasteiger partial charge in [0, 0.05) is 5.56 Å². The van der Waals surface area contributed by atoms with E-state index in [1.54, 1.807) is 6.07 Å². The molecule has 0 atom stereocenters. The molecule has 14 heavy (non-hydrogen) atoms. The molecular formula is C11H9FO2. The smallest absolute Gasteiger partial charge is 0.131 e. The molecule has 0 aromatic heterocycles. The van der Waals surface area contributed by atoms with Crippen molar-refractivity contribution in [3.05, 3.63) is 35.1 Å². The first kappa shape index (κ1) is 10.4. The van der Waals surface area contributed by atoms with Gasteiger partial charge >= 0.3 is 0 Å². The Bertz CT molecular complexity index is 388. The largest absolute Gasteiger partial charge is 0.392 e. The molecule has 0 saturated carbocycles. The zero-order valence-electron chi connectivity index (χ0n) is 7.46. The summed E-state index contributed by atoms with van der Waals surface area (Å²) in [5.41, 5.74) is 0.941. The van der Waals surface area contributed by atoms with Crippen LogP contribution >= 0.6 is 0 Å². The second-order valence-electron chi connectivity index (χ2n) is 2.68. The van der Waals surface area contributed by atoms with Crippen LogP contribution < -0.4 is 0 Å². The fourth-order valence-corrected chi connectivity index (χ4v) is 1.01. The summed E-state index contributed by atoms with van der Waals surface area (Å²) in [6.07, 6.45) is 0.810. The number of carbonyl (C=O) groups excluding carboxylic acids is 1. The fraction of sp³-hybridized carbons (Fsp3) is 0.182. The van der Waals surface area contributed by atoms with Crippen molar-refractivity contribution in [2.24, 2.45) is 0 Å². The molecule has 0 bridgehead atoms. The standard InChI is InChI=1S/C11H9FO2/c12-11-6-9(3-1-2-4-13)5-10(7-11)8-14/h4-7,14H,2,8H2. The Kier molecular flexibility index (Phi) is 3.84. The molecule has 0 amide bonds. The minimum atomic E-state index is -0.438. The van der Waals surface area contributed by atoms with Crippen molar-refractivity contribution in [2.75, 3.05) is 0 Å². The fourth-order valence-electron chi connectivity index (χ4n) is 1.01. The van der Waals surface area contributed by atoms with E-state index in [1.807, 2.05) is 0 Å². The second kappa shape index (κ2) is 5.15. The second-order valence-corrected chi connectivity index (χ2v) is 2.68. The summed E-state index contributed by atoms with van der Waals surface area (Å²) in [7, 11) is 0.